The minimum Gasteiger partial charge on any atom is -0.348 e. The molecule has 1 aromatic heterocycles. The van der Waals surface area contributed by atoms with Crippen LogP contribution in [0.4, 0.5) is 0 Å². The summed E-state index contributed by atoms with van der Waals surface area (Å²) in [5.74, 6) is -0.0857. The van der Waals surface area contributed by atoms with E-state index in [4.69, 9.17) is 0 Å². The van der Waals surface area contributed by atoms with E-state index >= 15 is 0 Å². The maximum atomic E-state index is 12.5. The van der Waals surface area contributed by atoms with Crippen molar-refractivity contribution < 1.29 is 4.79 Å². The van der Waals surface area contributed by atoms with Crippen molar-refractivity contribution in [3.8, 4) is 0 Å². The van der Waals surface area contributed by atoms with Crippen LogP contribution in [0.5, 0.6) is 0 Å². The number of pyridine rings is 1. The molecule has 0 radical (unpaired) electrons. The second-order valence-electron chi connectivity index (χ2n) is 5.14. The second-order valence-corrected chi connectivity index (χ2v) is 6.06. The van der Waals surface area contributed by atoms with Gasteiger partial charge >= 0.3 is 0 Å². The molecule has 0 atom stereocenters. The molecule has 4 heteroatoms. The van der Waals surface area contributed by atoms with Crippen molar-refractivity contribution in [2.24, 2.45) is 0 Å². The van der Waals surface area contributed by atoms with Gasteiger partial charge in [-0.1, -0.05) is 46.3 Å². The first-order chi connectivity index (χ1) is 10.6. The first-order valence-electron chi connectivity index (χ1n) is 7.02. The normalized spacial score (nSPS) is 10.6. The number of aryl methyl sites for hydroxylation is 1. The van der Waals surface area contributed by atoms with Crippen LogP contribution >= 0.6 is 15.9 Å². The van der Waals surface area contributed by atoms with Crippen molar-refractivity contribution in [2.45, 2.75) is 13.5 Å². The van der Waals surface area contributed by atoms with Crippen molar-refractivity contribution in [1.29, 1.82) is 0 Å². The van der Waals surface area contributed by atoms with Crippen LogP contribution in [-0.2, 0) is 6.54 Å². The van der Waals surface area contributed by atoms with Gasteiger partial charge in [0.25, 0.3) is 5.91 Å². The zero-order chi connectivity index (χ0) is 15.5. The Morgan fingerprint density at radius 3 is 2.68 bits per heavy atom. The van der Waals surface area contributed by atoms with Gasteiger partial charge in [-0.15, -0.1) is 0 Å². The van der Waals surface area contributed by atoms with E-state index < -0.39 is 0 Å². The van der Waals surface area contributed by atoms with Gasteiger partial charge in [0, 0.05) is 22.1 Å². The lowest BCUT2D eigenvalue weighted by Gasteiger charge is -2.09. The Bertz CT molecular complexity index is 831. The molecule has 22 heavy (non-hydrogen) atoms. The van der Waals surface area contributed by atoms with Gasteiger partial charge in [0.05, 0.1) is 11.1 Å². The maximum Gasteiger partial charge on any atom is 0.252 e. The Balaban J connectivity index is 1.91. The number of fused-ring (bicyclic) bond motifs is 1. The van der Waals surface area contributed by atoms with Crippen LogP contribution in [-0.4, -0.2) is 10.9 Å². The van der Waals surface area contributed by atoms with Gasteiger partial charge in [0.15, 0.2) is 0 Å². The van der Waals surface area contributed by atoms with Crippen LogP contribution in [0.25, 0.3) is 10.9 Å². The number of carbonyl (C=O) groups excluding carboxylic acids is 1. The number of amides is 1. The molecule has 3 nitrogen and oxygen atoms in total. The third-order valence-electron chi connectivity index (χ3n) is 3.44. The maximum absolute atomic E-state index is 12.5. The topological polar surface area (TPSA) is 42.0 Å². The van der Waals surface area contributed by atoms with E-state index in [9.17, 15) is 4.79 Å². The Morgan fingerprint density at radius 1 is 1.14 bits per heavy atom. The molecule has 0 aliphatic heterocycles. The van der Waals surface area contributed by atoms with Crippen LogP contribution in [0.15, 0.2) is 59.1 Å². The molecule has 1 amide bonds. The van der Waals surface area contributed by atoms with Crippen LogP contribution in [0.3, 0.4) is 0 Å². The summed E-state index contributed by atoms with van der Waals surface area (Å²) in [4.78, 5) is 17.0. The second kappa shape index (κ2) is 6.28. The molecule has 0 bridgehead atoms. The molecule has 0 aliphatic rings. The summed E-state index contributed by atoms with van der Waals surface area (Å²) < 4.78 is 0.933. The van der Waals surface area contributed by atoms with Crippen molar-refractivity contribution in [3.63, 3.8) is 0 Å². The minimum absolute atomic E-state index is 0.0857. The summed E-state index contributed by atoms with van der Waals surface area (Å²) in [6.45, 7) is 2.41. The zero-order valence-corrected chi connectivity index (χ0v) is 13.7. The number of carbonyl (C=O) groups is 1. The van der Waals surface area contributed by atoms with Gasteiger partial charge in [-0.3, -0.25) is 9.78 Å². The predicted octanol–water partition coefficient (Wildman–Crippen LogP) is 4.24. The molecule has 0 fully saturated rings. The molecule has 110 valence electrons. The SMILES string of the molecule is Cc1cc(C(=O)NCc2ccccc2)c2cc(Br)ccc2n1. The number of nitrogens with zero attached hydrogens (tertiary/aromatic N) is 1. The van der Waals surface area contributed by atoms with Gasteiger partial charge in [0.1, 0.15) is 0 Å². The smallest absolute Gasteiger partial charge is 0.252 e. The van der Waals surface area contributed by atoms with Gasteiger partial charge in [-0.2, -0.15) is 0 Å². The average Bonchev–Trinajstić information content (AvgIpc) is 2.53. The van der Waals surface area contributed by atoms with Crippen molar-refractivity contribution in [2.75, 3.05) is 0 Å². The van der Waals surface area contributed by atoms with Crippen LogP contribution in [0.1, 0.15) is 21.6 Å². The summed E-state index contributed by atoms with van der Waals surface area (Å²) in [5.41, 5.74) is 3.39. The molecule has 0 spiro atoms. The van der Waals surface area contributed by atoms with Crippen molar-refractivity contribution >= 4 is 32.7 Å². The van der Waals surface area contributed by atoms with E-state index in [0.717, 1.165) is 26.6 Å². The number of hydrogen-bond acceptors (Lipinski definition) is 2. The first kappa shape index (κ1) is 14.7. The van der Waals surface area contributed by atoms with E-state index in [1.165, 1.54) is 0 Å². The third kappa shape index (κ3) is 3.17. The largest absolute Gasteiger partial charge is 0.348 e. The fourth-order valence-electron chi connectivity index (χ4n) is 2.39. The van der Waals surface area contributed by atoms with E-state index in [1.54, 1.807) is 0 Å². The van der Waals surface area contributed by atoms with E-state index in [-0.39, 0.29) is 5.91 Å². The number of nitrogens with one attached hydrogen (secondary N) is 1. The lowest BCUT2D eigenvalue weighted by molar-refractivity contribution is 0.0952. The van der Waals surface area contributed by atoms with E-state index in [0.29, 0.717) is 12.1 Å². The summed E-state index contributed by atoms with van der Waals surface area (Å²) in [5, 5.41) is 3.82. The molecule has 0 aliphatic carbocycles. The third-order valence-corrected chi connectivity index (χ3v) is 3.93. The van der Waals surface area contributed by atoms with E-state index in [1.807, 2.05) is 61.5 Å². The van der Waals surface area contributed by atoms with Crippen molar-refractivity contribution in [1.82, 2.24) is 10.3 Å². The van der Waals surface area contributed by atoms with Gasteiger partial charge in [-0.25, -0.2) is 0 Å². The monoisotopic (exact) mass is 354 g/mol. The Labute approximate surface area is 137 Å². The number of halogens is 1. The molecule has 3 aromatic rings. The number of aromatic nitrogens is 1. The highest BCUT2D eigenvalue weighted by Crippen LogP contribution is 2.22. The fourth-order valence-corrected chi connectivity index (χ4v) is 2.75. The minimum atomic E-state index is -0.0857. The standard InChI is InChI=1S/C18H15BrN2O/c1-12-9-16(15-10-14(19)7-8-17(15)21-12)18(22)20-11-13-5-3-2-4-6-13/h2-10H,11H2,1H3,(H,20,22). The summed E-state index contributed by atoms with van der Waals surface area (Å²) in [7, 11) is 0. The number of hydrogen-bond donors (Lipinski definition) is 1. The predicted molar refractivity (Wildman–Crippen MR) is 91.8 cm³/mol. The van der Waals surface area contributed by atoms with Gasteiger partial charge in [-0.05, 0) is 36.8 Å². The molecule has 0 unspecified atom stereocenters. The first-order valence-corrected chi connectivity index (χ1v) is 7.82. The van der Waals surface area contributed by atoms with Gasteiger partial charge in [0.2, 0.25) is 0 Å². The lowest BCUT2D eigenvalue weighted by Crippen LogP contribution is -2.23. The molecule has 0 saturated carbocycles. The summed E-state index contributed by atoms with van der Waals surface area (Å²) >= 11 is 3.45. The number of rotatable bonds is 3. The highest BCUT2D eigenvalue weighted by atomic mass is 79.9. The van der Waals surface area contributed by atoms with Crippen LogP contribution in [0.2, 0.25) is 0 Å². The van der Waals surface area contributed by atoms with Gasteiger partial charge < -0.3 is 5.32 Å². The highest BCUT2D eigenvalue weighted by molar-refractivity contribution is 9.10. The molecule has 2 aromatic carbocycles. The molecule has 3 rings (SSSR count). The zero-order valence-electron chi connectivity index (χ0n) is 12.1. The summed E-state index contributed by atoms with van der Waals surface area (Å²) in [6, 6.07) is 17.5. The Hall–Kier alpha value is -2.20. The number of benzene rings is 2. The molecular weight excluding hydrogens is 340 g/mol. The summed E-state index contributed by atoms with van der Waals surface area (Å²) in [6.07, 6.45) is 0. The lowest BCUT2D eigenvalue weighted by atomic mass is 10.1. The Kier molecular flexibility index (Phi) is 4.20. The average molecular weight is 355 g/mol. The fraction of sp³-hybridized carbons (Fsp3) is 0.111. The molecule has 1 heterocycles. The quantitative estimate of drug-likeness (QED) is 0.764. The Morgan fingerprint density at radius 2 is 1.91 bits per heavy atom. The molecule has 0 saturated heterocycles. The molecular formula is C18H15BrN2O. The van der Waals surface area contributed by atoms with Crippen LogP contribution < -0.4 is 5.32 Å². The van der Waals surface area contributed by atoms with Crippen molar-refractivity contribution in [3.05, 3.63) is 75.9 Å². The van der Waals surface area contributed by atoms with Crippen LogP contribution in [0, 0.1) is 6.92 Å². The van der Waals surface area contributed by atoms with E-state index in [2.05, 4.69) is 26.2 Å². The molecule has 1 N–H and O–H groups in total. The highest BCUT2D eigenvalue weighted by Gasteiger charge is 2.12.